The van der Waals surface area contributed by atoms with Gasteiger partial charge in [0, 0.05) is 19.8 Å². The fourth-order valence-corrected chi connectivity index (χ4v) is 4.21. The van der Waals surface area contributed by atoms with Gasteiger partial charge in [-0.25, -0.2) is 0 Å². The molecular formula is C10H22O4Si. The lowest BCUT2D eigenvalue weighted by Crippen LogP contribution is -2.55. The standard InChI is InChI=1S/C10H22O4Si/c1-5-8-11-10(9-12-10)15(4,13-6-2)14-7-3/h5-9H2,1-4H3. The lowest BCUT2D eigenvalue weighted by molar-refractivity contribution is -0.0289. The number of rotatable bonds is 8. The molecule has 0 aliphatic carbocycles. The van der Waals surface area contributed by atoms with Crippen LogP contribution in [-0.4, -0.2) is 40.4 Å². The van der Waals surface area contributed by atoms with Crippen LogP contribution in [0.1, 0.15) is 27.2 Å². The highest BCUT2D eigenvalue weighted by Crippen LogP contribution is 2.39. The predicted molar refractivity (Wildman–Crippen MR) is 59.8 cm³/mol. The van der Waals surface area contributed by atoms with Crippen LogP contribution in [0.15, 0.2) is 0 Å². The molecule has 0 spiro atoms. The fraction of sp³-hybridized carbons (Fsp3) is 1.00. The van der Waals surface area contributed by atoms with Crippen molar-refractivity contribution in [2.75, 3.05) is 26.4 Å². The van der Waals surface area contributed by atoms with Crippen molar-refractivity contribution in [1.29, 1.82) is 0 Å². The van der Waals surface area contributed by atoms with Gasteiger partial charge in [0.15, 0.2) is 0 Å². The van der Waals surface area contributed by atoms with Crippen molar-refractivity contribution in [3.63, 3.8) is 0 Å². The average molecular weight is 234 g/mol. The first-order chi connectivity index (χ1) is 7.14. The maximum absolute atomic E-state index is 5.76. The van der Waals surface area contributed by atoms with E-state index in [1.54, 1.807) is 0 Å². The molecule has 1 saturated heterocycles. The van der Waals surface area contributed by atoms with Crippen molar-refractivity contribution in [1.82, 2.24) is 0 Å². The third-order valence-corrected chi connectivity index (χ3v) is 5.97. The Labute approximate surface area is 93.1 Å². The van der Waals surface area contributed by atoms with Gasteiger partial charge in [-0.05, 0) is 26.8 Å². The maximum Gasteiger partial charge on any atom is 0.399 e. The lowest BCUT2D eigenvalue weighted by Gasteiger charge is -2.31. The molecule has 5 heteroatoms. The highest BCUT2D eigenvalue weighted by Gasteiger charge is 2.66. The molecule has 0 bridgehead atoms. The minimum atomic E-state index is -2.35. The molecule has 1 aliphatic rings. The highest BCUT2D eigenvalue weighted by molar-refractivity contribution is 6.69. The van der Waals surface area contributed by atoms with Crippen LogP contribution in [0, 0.1) is 0 Å². The van der Waals surface area contributed by atoms with Crippen molar-refractivity contribution in [3.05, 3.63) is 0 Å². The first kappa shape index (κ1) is 13.1. The van der Waals surface area contributed by atoms with Crippen LogP contribution in [0.3, 0.4) is 0 Å². The average Bonchev–Trinajstić information content (AvgIpc) is 2.97. The van der Waals surface area contributed by atoms with Gasteiger partial charge >= 0.3 is 8.56 Å². The van der Waals surface area contributed by atoms with Gasteiger partial charge in [-0.3, -0.25) is 0 Å². The number of hydrogen-bond acceptors (Lipinski definition) is 4. The summed E-state index contributed by atoms with van der Waals surface area (Å²) in [6, 6.07) is 0. The molecule has 0 saturated carbocycles. The molecule has 4 nitrogen and oxygen atoms in total. The van der Waals surface area contributed by atoms with Crippen LogP contribution in [0.5, 0.6) is 0 Å². The molecule has 1 rings (SSSR count). The first-order valence-corrected chi connectivity index (χ1v) is 8.01. The van der Waals surface area contributed by atoms with Gasteiger partial charge in [0.2, 0.25) is 5.41 Å². The number of ether oxygens (including phenoxy) is 2. The molecule has 90 valence electrons. The summed E-state index contributed by atoms with van der Waals surface area (Å²) in [6.07, 6.45) is 0.980. The number of hydrogen-bond donors (Lipinski definition) is 0. The second-order valence-corrected chi connectivity index (χ2v) is 6.93. The van der Waals surface area contributed by atoms with E-state index in [4.69, 9.17) is 18.3 Å². The van der Waals surface area contributed by atoms with Crippen LogP contribution >= 0.6 is 0 Å². The summed E-state index contributed by atoms with van der Waals surface area (Å²) in [5.41, 5.74) is -0.547. The van der Waals surface area contributed by atoms with Crippen molar-refractivity contribution < 1.29 is 18.3 Å². The van der Waals surface area contributed by atoms with Gasteiger partial charge in [0.1, 0.15) is 6.61 Å². The molecule has 1 unspecified atom stereocenters. The third kappa shape index (κ3) is 2.79. The quantitative estimate of drug-likeness (QED) is 0.474. The van der Waals surface area contributed by atoms with Crippen LogP contribution in [0.4, 0.5) is 0 Å². The zero-order chi connectivity index (χ0) is 11.4. The van der Waals surface area contributed by atoms with E-state index in [1.807, 2.05) is 20.4 Å². The van der Waals surface area contributed by atoms with Gasteiger partial charge in [-0.1, -0.05) is 6.92 Å². The summed E-state index contributed by atoms with van der Waals surface area (Å²) in [6.45, 7) is 10.6. The molecule has 0 radical (unpaired) electrons. The zero-order valence-corrected chi connectivity index (χ0v) is 11.2. The van der Waals surface area contributed by atoms with E-state index in [0.29, 0.717) is 26.4 Å². The Hall–Kier alpha value is 0.0569. The first-order valence-electron chi connectivity index (χ1n) is 5.70. The van der Waals surface area contributed by atoms with E-state index >= 15 is 0 Å². The molecule has 1 heterocycles. The van der Waals surface area contributed by atoms with Crippen LogP contribution < -0.4 is 0 Å². The monoisotopic (exact) mass is 234 g/mol. The van der Waals surface area contributed by atoms with E-state index in [9.17, 15) is 0 Å². The summed E-state index contributed by atoms with van der Waals surface area (Å²) in [5, 5.41) is 0. The van der Waals surface area contributed by atoms with Crippen molar-refractivity contribution in [2.45, 2.75) is 39.1 Å². The highest BCUT2D eigenvalue weighted by atomic mass is 28.4. The lowest BCUT2D eigenvalue weighted by atomic mass is 10.5. The molecule has 0 aromatic carbocycles. The summed E-state index contributed by atoms with van der Waals surface area (Å²) < 4.78 is 22.7. The molecule has 0 aromatic rings. The fourth-order valence-electron chi connectivity index (χ4n) is 1.62. The van der Waals surface area contributed by atoms with E-state index in [-0.39, 0.29) is 0 Å². The Balaban J connectivity index is 2.61. The third-order valence-electron chi connectivity index (χ3n) is 2.48. The summed E-state index contributed by atoms with van der Waals surface area (Å²) in [4.78, 5) is 0. The molecule has 0 amide bonds. The Morgan fingerprint density at radius 2 is 1.73 bits per heavy atom. The van der Waals surface area contributed by atoms with Gasteiger partial charge in [0.25, 0.3) is 0 Å². The van der Waals surface area contributed by atoms with E-state index in [1.165, 1.54) is 0 Å². The summed E-state index contributed by atoms with van der Waals surface area (Å²) in [5.74, 6) is 0. The van der Waals surface area contributed by atoms with Gasteiger partial charge in [0.05, 0.1) is 0 Å². The van der Waals surface area contributed by atoms with Crippen molar-refractivity contribution in [2.24, 2.45) is 0 Å². The Morgan fingerprint density at radius 3 is 2.07 bits per heavy atom. The SMILES string of the molecule is CCCOC1([Si](C)(OCC)OCC)CO1. The molecule has 1 atom stereocenters. The molecule has 0 aromatic heterocycles. The Morgan fingerprint density at radius 1 is 1.20 bits per heavy atom. The Kier molecular flexibility index (Phi) is 4.73. The molecule has 1 fully saturated rings. The van der Waals surface area contributed by atoms with Gasteiger partial charge in [-0.2, -0.15) is 0 Å². The molecular weight excluding hydrogens is 212 g/mol. The van der Waals surface area contributed by atoms with Crippen LogP contribution in [0.25, 0.3) is 0 Å². The van der Waals surface area contributed by atoms with E-state index in [0.717, 1.165) is 6.42 Å². The molecule has 0 N–H and O–H groups in total. The molecule has 1 aliphatic heterocycles. The second kappa shape index (κ2) is 5.40. The van der Waals surface area contributed by atoms with E-state index < -0.39 is 14.0 Å². The molecule has 15 heavy (non-hydrogen) atoms. The second-order valence-electron chi connectivity index (χ2n) is 3.70. The van der Waals surface area contributed by atoms with Gasteiger partial charge in [-0.15, -0.1) is 0 Å². The topological polar surface area (TPSA) is 40.2 Å². The summed E-state index contributed by atoms with van der Waals surface area (Å²) >= 11 is 0. The van der Waals surface area contributed by atoms with Gasteiger partial charge < -0.3 is 18.3 Å². The number of epoxide rings is 1. The van der Waals surface area contributed by atoms with Crippen molar-refractivity contribution in [3.8, 4) is 0 Å². The largest absolute Gasteiger partial charge is 0.399 e. The minimum absolute atomic E-state index is 0.547. The Bertz CT molecular complexity index is 188. The van der Waals surface area contributed by atoms with Crippen LogP contribution in [-0.2, 0) is 18.3 Å². The maximum atomic E-state index is 5.76. The summed E-state index contributed by atoms with van der Waals surface area (Å²) in [7, 11) is -2.35. The van der Waals surface area contributed by atoms with Crippen molar-refractivity contribution >= 4 is 8.56 Å². The van der Waals surface area contributed by atoms with Crippen LogP contribution in [0.2, 0.25) is 6.55 Å². The smallest absolute Gasteiger partial charge is 0.392 e. The minimum Gasteiger partial charge on any atom is -0.392 e. The predicted octanol–water partition coefficient (Wildman–Crippen LogP) is 1.82. The zero-order valence-electron chi connectivity index (χ0n) is 10.2. The normalized spacial score (nSPS) is 25.6. The van der Waals surface area contributed by atoms with E-state index in [2.05, 4.69) is 6.92 Å².